The molecule has 0 bridgehead atoms. The summed E-state index contributed by atoms with van der Waals surface area (Å²) in [7, 11) is 1.16. The van der Waals surface area contributed by atoms with Gasteiger partial charge in [-0.05, 0) is 12.5 Å². The second kappa shape index (κ2) is 6.43. The molecular formula is C16H15F2NO3. The summed E-state index contributed by atoms with van der Waals surface area (Å²) in [5.41, 5.74) is -0.323. The van der Waals surface area contributed by atoms with Gasteiger partial charge in [-0.1, -0.05) is 30.3 Å². The summed E-state index contributed by atoms with van der Waals surface area (Å²) >= 11 is 0. The van der Waals surface area contributed by atoms with Crippen molar-refractivity contribution in [3.05, 3.63) is 58.7 Å². The van der Waals surface area contributed by atoms with Gasteiger partial charge >= 0.3 is 5.97 Å². The maximum Gasteiger partial charge on any atom is 0.339 e. The van der Waals surface area contributed by atoms with Crippen LogP contribution in [0.3, 0.4) is 0 Å². The third-order valence-electron chi connectivity index (χ3n) is 3.30. The van der Waals surface area contributed by atoms with Gasteiger partial charge in [-0.15, -0.1) is 0 Å². The second-order valence-electron chi connectivity index (χ2n) is 4.68. The number of methoxy groups -OCH3 is 1. The molecule has 0 aliphatic heterocycles. The van der Waals surface area contributed by atoms with Crippen molar-refractivity contribution in [2.45, 2.75) is 13.5 Å². The molecule has 0 fully saturated rings. The number of anilines is 1. The van der Waals surface area contributed by atoms with Crippen molar-refractivity contribution in [2.24, 2.45) is 0 Å². The first-order chi connectivity index (χ1) is 10.5. The Morgan fingerprint density at radius 3 is 2.41 bits per heavy atom. The Balaban J connectivity index is 2.45. The summed E-state index contributed by atoms with van der Waals surface area (Å²) < 4.78 is 33.5. The molecule has 2 rings (SSSR count). The van der Waals surface area contributed by atoms with E-state index in [0.717, 1.165) is 12.7 Å². The molecule has 0 aromatic heterocycles. The zero-order valence-electron chi connectivity index (χ0n) is 12.1. The van der Waals surface area contributed by atoms with Crippen LogP contribution in [0.5, 0.6) is 5.75 Å². The minimum absolute atomic E-state index is 0.189. The lowest BCUT2D eigenvalue weighted by molar-refractivity contribution is 0.0689. The number of halogens is 2. The predicted octanol–water partition coefficient (Wildman–Crippen LogP) is 3.59. The van der Waals surface area contributed by atoms with E-state index < -0.39 is 28.9 Å². The fourth-order valence-corrected chi connectivity index (χ4v) is 2.17. The highest BCUT2D eigenvalue weighted by atomic mass is 19.1. The van der Waals surface area contributed by atoms with Crippen molar-refractivity contribution in [2.75, 3.05) is 12.4 Å². The standard InChI is InChI=1S/C16H15F2NO3/c1-9-11(16(20)21)13(18)15(22-2)14(12(9)17)19-8-10-6-4-3-5-7-10/h3-7,19H,8H2,1-2H3,(H,20,21). The van der Waals surface area contributed by atoms with Gasteiger partial charge < -0.3 is 15.2 Å². The molecule has 0 radical (unpaired) electrons. The van der Waals surface area contributed by atoms with Gasteiger partial charge in [0.05, 0.1) is 7.11 Å². The van der Waals surface area contributed by atoms with Crippen LogP contribution in [0.4, 0.5) is 14.5 Å². The van der Waals surface area contributed by atoms with E-state index in [1.807, 2.05) is 30.3 Å². The number of ether oxygens (including phenoxy) is 1. The monoisotopic (exact) mass is 307 g/mol. The smallest absolute Gasteiger partial charge is 0.339 e. The largest absolute Gasteiger partial charge is 0.491 e. The molecule has 6 heteroatoms. The van der Waals surface area contributed by atoms with E-state index in [4.69, 9.17) is 9.84 Å². The number of rotatable bonds is 5. The molecule has 0 amide bonds. The first-order valence-electron chi connectivity index (χ1n) is 6.54. The van der Waals surface area contributed by atoms with Crippen LogP contribution in [0.1, 0.15) is 21.5 Å². The Morgan fingerprint density at radius 1 is 1.23 bits per heavy atom. The minimum Gasteiger partial charge on any atom is -0.491 e. The number of carboxylic acid groups (broad SMARTS) is 1. The summed E-state index contributed by atoms with van der Waals surface area (Å²) in [6, 6.07) is 9.14. The molecule has 0 heterocycles. The molecule has 0 atom stereocenters. The third-order valence-corrected chi connectivity index (χ3v) is 3.30. The minimum atomic E-state index is -1.54. The van der Waals surface area contributed by atoms with Gasteiger partial charge in [0.15, 0.2) is 17.4 Å². The SMILES string of the molecule is COc1c(F)c(C(=O)O)c(C)c(F)c1NCc1ccccc1. The highest BCUT2D eigenvalue weighted by Gasteiger charge is 2.26. The topological polar surface area (TPSA) is 58.6 Å². The van der Waals surface area contributed by atoms with Gasteiger partial charge in [-0.2, -0.15) is 0 Å². The van der Waals surface area contributed by atoms with Gasteiger partial charge in [-0.25, -0.2) is 13.6 Å². The lowest BCUT2D eigenvalue weighted by Gasteiger charge is -2.16. The molecule has 0 unspecified atom stereocenters. The van der Waals surface area contributed by atoms with E-state index in [2.05, 4.69) is 5.32 Å². The molecule has 2 aromatic rings. The highest BCUT2D eigenvalue weighted by Crippen LogP contribution is 2.36. The van der Waals surface area contributed by atoms with Crippen LogP contribution in [-0.2, 0) is 6.54 Å². The lowest BCUT2D eigenvalue weighted by atomic mass is 10.0. The number of benzene rings is 2. The summed E-state index contributed by atoms with van der Waals surface area (Å²) in [6.07, 6.45) is 0. The predicted molar refractivity (Wildman–Crippen MR) is 78.4 cm³/mol. The van der Waals surface area contributed by atoms with Gasteiger partial charge in [0, 0.05) is 12.1 Å². The fourth-order valence-electron chi connectivity index (χ4n) is 2.17. The van der Waals surface area contributed by atoms with Crippen LogP contribution in [0.25, 0.3) is 0 Å². The summed E-state index contributed by atoms with van der Waals surface area (Å²) in [6.45, 7) is 1.47. The van der Waals surface area contributed by atoms with Gasteiger partial charge in [0.25, 0.3) is 0 Å². The highest BCUT2D eigenvalue weighted by molar-refractivity contribution is 5.91. The van der Waals surface area contributed by atoms with Gasteiger partial charge in [0.1, 0.15) is 11.3 Å². The van der Waals surface area contributed by atoms with Crippen molar-refractivity contribution in [1.82, 2.24) is 0 Å². The van der Waals surface area contributed by atoms with Gasteiger partial charge in [0.2, 0.25) is 0 Å². The molecule has 0 saturated carbocycles. The van der Waals surface area contributed by atoms with E-state index in [-0.39, 0.29) is 17.8 Å². The van der Waals surface area contributed by atoms with Crippen LogP contribution in [0.15, 0.2) is 30.3 Å². The number of nitrogens with one attached hydrogen (secondary N) is 1. The first-order valence-corrected chi connectivity index (χ1v) is 6.54. The normalized spacial score (nSPS) is 10.4. The second-order valence-corrected chi connectivity index (χ2v) is 4.68. The third kappa shape index (κ3) is 2.86. The van der Waals surface area contributed by atoms with Crippen molar-refractivity contribution < 1.29 is 23.4 Å². The number of aromatic carboxylic acids is 1. The van der Waals surface area contributed by atoms with Crippen molar-refractivity contribution in [1.29, 1.82) is 0 Å². The summed E-state index contributed by atoms with van der Waals surface area (Å²) in [5, 5.41) is 11.8. The summed E-state index contributed by atoms with van der Waals surface area (Å²) in [5.74, 6) is -3.92. The molecule has 4 nitrogen and oxygen atoms in total. The average molecular weight is 307 g/mol. The number of carboxylic acids is 1. The molecule has 2 N–H and O–H groups in total. The van der Waals surface area contributed by atoms with Crippen LogP contribution >= 0.6 is 0 Å². The van der Waals surface area contributed by atoms with Crippen molar-refractivity contribution in [3.63, 3.8) is 0 Å². The quantitative estimate of drug-likeness (QED) is 0.886. The Kier molecular flexibility index (Phi) is 4.60. The zero-order chi connectivity index (χ0) is 16.3. The fraction of sp³-hybridized carbons (Fsp3) is 0.188. The van der Waals surface area contributed by atoms with E-state index >= 15 is 0 Å². The summed E-state index contributed by atoms with van der Waals surface area (Å²) in [4.78, 5) is 11.1. The molecule has 2 aromatic carbocycles. The molecule has 22 heavy (non-hydrogen) atoms. The Bertz CT molecular complexity index is 703. The molecule has 0 spiro atoms. The van der Waals surface area contributed by atoms with E-state index in [9.17, 15) is 13.6 Å². The van der Waals surface area contributed by atoms with Crippen LogP contribution < -0.4 is 10.1 Å². The Hall–Kier alpha value is -2.63. The number of hydrogen-bond donors (Lipinski definition) is 2. The molecular weight excluding hydrogens is 292 g/mol. The van der Waals surface area contributed by atoms with E-state index in [0.29, 0.717) is 0 Å². The van der Waals surface area contributed by atoms with Crippen LogP contribution in [0.2, 0.25) is 0 Å². The maximum absolute atomic E-state index is 14.4. The average Bonchev–Trinajstić information content (AvgIpc) is 2.50. The van der Waals surface area contributed by atoms with Gasteiger partial charge in [-0.3, -0.25) is 0 Å². The van der Waals surface area contributed by atoms with Crippen molar-refractivity contribution in [3.8, 4) is 5.75 Å². The lowest BCUT2D eigenvalue weighted by Crippen LogP contribution is -2.12. The number of hydrogen-bond acceptors (Lipinski definition) is 3. The zero-order valence-corrected chi connectivity index (χ0v) is 12.1. The molecule has 116 valence electrons. The maximum atomic E-state index is 14.4. The Labute approximate surface area is 126 Å². The molecule has 0 aliphatic carbocycles. The molecule has 0 aliphatic rings. The van der Waals surface area contributed by atoms with E-state index in [1.54, 1.807) is 0 Å². The first kappa shape index (κ1) is 15.8. The van der Waals surface area contributed by atoms with Crippen molar-refractivity contribution >= 4 is 11.7 Å². The molecule has 0 saturated heterocycles. The van der Waals surface area contributed by atoms with Crippen LogP contribution in [0, 0.1) is 18.6 Å². The number of carbonyl (C=O) groups is 1. The van der Waals surface area contributed by atoms with Crippen LogP contribution in [-0.4, -0.2) is 18.2 Å². The van der Waals surface area contributed by atoms with E-state index in [1.165, 1.54) is 6.92 Å². The Morgan fingerprint density at radius 2 is 1.86 bits per heavy atom.